The van der Waals surface area contributed by atoms with Crippen molar-refractivity contribution in [3.05, 3.63) is 84.1 Å². The predicted octanol–water partition coefficient (Wildman–Crippen LogP) is 4.67. The Balaban J connectivity index is 1.60. The predicted molar refractivity (Wildman–Crippen MR) is 138 cm³/mol. The van der Waals surface area contributed by atoms with Crippen LogP contribution >= 0.6 is 0 Å². The van der Waals surface area contributed by atoms with Crippen LogP contribution in [-0.2, 0) is 4.79 Å². The summed E-state index contributed by atoms with van der Waals surface area (Å²) in [5.74, 6) is -1.84. The van der Waals surface area contributed by atoms with Crippen molar-refractivity contribution >= 4 is 23.3 Å². The Morgan fingerprint density at radius 2 is 1.97 bits per heavy atom. The van der Waals surface area contributed by atoms with E-state index in [1.54, 1.807) is 36.4 Å². The summed E-state index contributed by atoms with van der Waals surface area (Å²) in [6.45, 7) is 0.784. The highest BCUT2D eigenvalue weighted by Crippen LogP contribution is 2.36. The molecule has 0 saturated carbocycles. The van der Waals surface area contributed by atoms with E-state index in [-0.39, 0.29) is 46.1 Å². The third kappa shape index (κ3) is 5.09. The molecular weight excluding hydrogens is 489 g/mol. The maximum absolute atomic E-state index is 13.7. The number of phenols is 1. The summed E-state index contributed by atoms with van der Waals surface area (Å²) in [7, 11) is 0. The van der Waals surface area contributed by atoms with Gasteiger partial charge in [-0.3, -0.25) is 9.59 Å². The number of hydrogen-bond donors (Lipinski definition) is 4. The monoisotopic (exact) mass is 511 g/mol. The second kappa shape index (κ2) is 10.5. The number of aromatic nitrogens is 1. The number of carbonyl (C=O) groups is 2. The number of aromatic hydroxyl groups is 1. The van der Waals surface area contributed by atoms with Crippen LogP contribution in [0.2, 0.25) is 0 Å². The minimum Gasteiger partial charge on any atom is -0.507 e. The zero-order valence-corrected chi connectivity index (χ0v) is 20.0. The van der Waals surface area contributed by atoms with Crippen LogP contribution in [0.1, 0.15) is 29.0 Å². The van der Waals surface area contributed by atoms with Gasteiger partial charge < -0.3 is 25.5 Å². The van der Waals surface area contributed by atoms with E-state index in [9.17, 15) is 24.3 Å². The smallest absolute Gasteiger partial charge is 0.292 e. The molecule has 0 radical (unpaired) electrons. The first kappa shape index (κ1) is 24.7. The van der Waals surface area contributed by atoms with Crippen LogP contribution in [0.25, 0.3) is 22.4 Å². The number of nitriles is 1. The molecule has 2 aromatic heterocycles. The van der Waals surface area contributed by atoms with Gasteiger partial charge in [0.25, 0.3) is 5.91 Å². The number of rotatable bonds is 6. The van der Waals surface area contributed by atoms with Gasteiger partial charge in [0.2, 0.25) is 5.91 Å². The number of anilines is 2. The van der Waals surface area contributed by atoms with Gasteiger partial charge in [-0.05, 0) is 67.4 Å². The summed E-state index contributed by atoms with van der Waals surface area (Å²) >= 11 is 0. The summed E-state index contributed by atoms with van der Waals surface area (Å²) in [6.07, 6.45) is 3.01. The topological polar surface area (TPSA) is 140 Å². The van der Waals surface area contributed by atoms with E-state index in [1.807, 2.05) is 0 Å². The van der Waals surface area contributed by atoms with E-state index in [0.29, 0.717) is 16.8 Å². The summed E-state index contributed by atoms with van der Waals surface area (Å²) in [5, 5.41) is 29.1. The van der Waals surface area contributed by atoms with Gasteiger partial charge in [-0.2, -0.15) is 5.26 Å². The van der Waals surface area contributed by atoms with Crippen molar-refractivity contribution in [2.75, 3.05) is 17.2 Å². The SMILES string of the molecule is N#Cc1c(-c2cccc(NC(=O)[C@H]3CCCN3)c2)cc(-c2ccc(F)cc2O)nc1NC(=O)c1ccco1. The van der Waals surface area contributed by atoms with E-state index in [0.717, 1.165) is 25.5 Å². The fraction of sp³-hybridized carbons (Fsp3) is 0.143. The van der Waals surface area contributed by atoms with Gasteiger partial charge in [0.05, 0.1) is 18.0 Å². The van der Waals surface area contributed by atoms with Crippen molar-refractivity contribution in [3.8, 4) is 34.2 Å². The van der Waals surface area contributed by atoms with Crippen molar-refractivity contribution in [2.24, 2.45) is 0 Å². The number of phenolic OH excluding ortho intramolecular Hbond substituents is 1. The minimum atomic E-state index is -0.633. The molecule has 5 rings (SSSR count). The lowest BCUT2D eigenvalue weighted by Crippen LogP contribution is -2.35. The Hall–Kier alpha value is -5.01. The Morgan fingerprint density at radius 1 is 1.11 bits per heavy atom. The summed E-state index contributed by atoms with van der Waals surface area (Å²) in [6, 6.07) is 16.8. The normalized spacial score (nSPS) is 14.6. The summed E-state index contributed by atoms with van der Waals surface area (Å²) < 4.78 is 18.8. The van der Waals surface area contributed by atoms with Crippen molar-refractivity contribution in [3.63, 3.8) is 0 Å². The molecule has 190 valence electrons. The first-order chi connectivity index (χ1) is 18.4. The Morgan fingerprint density at radius 3 is 2.68 bits per heavy atom. The fourth-order valence-corrected chi connectivity index (χ4v) is 4.31. The van der Waals surface area contributed by atoms with E-state index in [4.69, 9.17) is 4.42 Å². The molecule has 0 aliphatic carbocycles. The molecule has 38 heavy (non-hydrogen) atoms. The van der Waals surface area contributed by atoms with Crippen LogP contribution in [0.15, 0.2) is 71.3 Å². The first-order valence-corrected chi connectivity index (χ1v) is 11.9. The van der Waals surface area contributed by atoms with Gasteiger partial charge in [0.1, 0.15) is 23.2 Å². The van der Waals surface area contributed by atoms with Gasteiger partial charge >= 0.3 is 0 Å². The zero-order valence-electron chi connectivity index (χ0n) is 20.0. The maximum atomic E-state index is 13.7. The number of nitrogens with zero attached hydrogens (tertiary/aromatic N) is 2. The van der Waals surface area contributed by atoms with Gasteiger partial charge in [-0.1, -0.05) is 12.1 Å². The number of halogens is 1. The van der Waals surface area contributed by atoms with Crippen LogP contribution in [0.5, 0.6) is 5.75 Å². The number of carbonyl (C=O) groups excluding carboxylic acids is 2. The zero-order chi connectivity index (χ0) is 26.6. The molecule has 10 heteroatoms. The molecule has 0 unspecified atom stereocenters. The van der Waals surface area contributed by atoms with E-state index >= 15 is 0 Å². The molecule has 2 amide bonds. The number of benzene rings is 2. The van der Waals surface area contributed by atoms with Crippen LogP contribution < -0.4 is 16.0 Å². The molecule has 9 nitrogen and oxygen atoms in total. The summed E-state index contributed by atoms with van der Waals surface area (Å²) in [5.41, 5.74) is 1.90. The Kier molecular flexibility index (Phi) is 6.84. The highest BCUT2D eigenvalue weighted by Gasteiger charge is 2.23. The standard InChI is InChI=1S/C28H22FN5O4/c29-17-8-9-19(24(35)13-17)23-14-20(21(15-30)26(33-23)34-28(37)25-7-3-11-38-25)16-4-1-5-18(12-16)32-27(36)22-6-2-10-31-22/h1,3-5,7-9,11-14,22,31,35H,2,6,10H2,(H,32,36)(H,33,34,37)/t22-/m1/s1. The molecular formula is C28H22FN5O4. The lowest BCUT2D eigenvalue weighted by molar-refractivity contribution is -0.117. The van der Waals surface area contributed by atoms with E-state index < -0.39 is 11.7 Å². The quantitative estimate of drug-likeness (QED) is 0.295. The number of furan rings is 1. The molecule has 4 aromatic rings. The molecule has 2 aromatic carbocycles. The number of hydrogen-bond acceptors (Lipinski definition) is 7. The van der Waals surface area contributed by atoms with Crippen molar-refractivity contribution in [2.45, 2.75) is 18.9 Å². The molecule has 1 saturated heterocycles. The molecule has 1 aliphatic heterocycles. The highest BCUT2D eigenvalue weighted by atomic mass is 19.1. The average molecular weight is 512 g/mol. The third-order valence-electron chi connectivity index (χ3n) is 6.16. The Labute approximate surface area is 216 Å². The molecule has 0 spiro atoms. The largest absolute Gasteiger partial charge is 0.507 e. The van der Waals surface area contributed by atoms with Crippen molar-refractivity contribution in [1.29, 1.82) is 5.26 Å². The second-order valence-electron chi connectivity index (χ2n) is 8.70. The highest BCUT2D eigenvalue weighted by molar-refractivity contribution is 6.03. The summed E-state index contributed by atoms with van der Waals surface area (Å²) in [4.78, 5) is 29.8. The van der Waals surface area contributed by atoms with Crippen LogP contribution in [0.4, 0.5) is 15.9 Å². The second-order valence-corrected chi connectivity index (χ2v) is 8.70. The average Bonchev–Trinajstić information content (AvgIpc) is 3.64. The number of nitrogens with one attached hydrogen (secondary N) is 3. The van der Waals surface area contributed by atoms with Crippen LogP contribution in [0.3, 0.4) is 0 Å². The molecule has 1 atom stereocenters. The fourth-order valence-electron chi connectivity index (χ4n) is 4.31. The molecule has 4 N–H and O–H groups in total. The van der Waals surface area contributed by atoms with Gasteiger partial charge in [0.15, 0.2) is 11.6 Å². The van der Waals surface area contributed by atoms with Gasteiger partial charge in [0, 0.05) is 22.9 Å². The lowest BCUT2D eigenvalue weighted by Gasteiger charge is -2.15. The molecule has 1 fully saturated rings. The Bertz CT molecular complexity index is 1560. The van der Waals surface area contributed by atoms with Gasteiger partial charge in [-0.15, -0.1) is 0 Å². The van der Waals surface area contributed by atoms with Gasteiger partial charge in [-0.25, -0.2) is 9.37 Å². The molecule has 3 heterocycles. The molecule has 0 bridgehead atoms. The molecule has 1 aliphatic rings. The first-order valence-electron chi connectivity index (χ1n) is 11.9. The van der Waals surface area contributed by atoms with E-state index in [1.165, 1.54) is 24.5 Å². The number of amides is 2. The lowest BCUT2D eigenvalue weighted by atomic mass is 9.97. The van der Waals surface area contributed by atoms with Crippen LogP contribution in [-0.4, -0.2) is 34.5 Å². The third-order valence-corrected chi connectivity index (χ3v) is 6.16. The van der Waals surface area contributed by atoms with Crippen LogP contribution in [0, 0.1) is 17.1 Å². The maximum Gasteiger partial charge on any atom is 0.292 e. The van der Waals surface area contributed by atoms with E-state index in [2.05, 4.69) is 27.0 Å². The van der Waals surface area contributed by atoms with Crippen molar-refractivity contribution < 1.29 is 23.5 Å². The number of pyridine rings is 1. The van der Waals surface area contributed by atoms with Crippen molar-refractivity contribution in [1.82, 2.24) is 10.3 Å². The minimum absolute atomic E-state index is 0.0116.